The van der Waals surface area contributed by atoms with Gasteiger partial charge >= 0.3 is 0 Å². The highest BCUT2D eigenvalue weighted by Gasteiger charge is 2.20. The Morgan fingerprint density at radius 3 is 2.71 bits per heavy atom. The van der Waals surface area contributed by atoms with Crippen LogP contribution in [0.2, 0.25) is 0 Å². The summed E-state index contributed by atoms with van der Waals surface area (Å²) in [6.45, 7) is 4.40. The predicted molar refractivity (Wildman–Crippen MR) is 83.7 cm³/mol. The number of nitrogens with one attached hydrogen (secondary N) is 1. The van der Waals surface area contributed by atoms with E-state index in [1.807, 2.05) is 0 Å². The SMILES string of the molecule is CN(CCOc1ccc(CNC2CC2)cc1)C1CCOC1. The minimum atomic E-state index is 0.560. The molecule has 1 unspecified atom stereocenters. The van der Waals surface area contributed by atoms with Crippen LogP contribution < -0.4 is 10.1 Å². The van der Waals surface area contributed by atoms with Crippen molar-refractivity contribution in [2.24, 2.45) is 0 Å². The lowest BCUT2D eigenvalue weighted by molar-refractivity contribution is 0.147. The Morgan fingerprint density at radius 1 is 1.24 bits per heavy atom. The lowest BCUT2D eigenvalue weighted by Gasteiger charge is -2.22. The second-order valence-corrected chi connectivity index (χ2v) is 6.15. The van der Waals surface area contributed by atoms with Crippen LogP contribution in [-0.4, -0.2) is 50.4 Å². The molecule has 4 nitrogen and oxygen atoms in total. The first kappa shape index (κ1) is 14.8. The molecule has 1 atom stereocenters. The van der Waals surface area contributed by atoms with E-state index in [1.54, 1.807) is 0 Å². The molecule has 2 aliphatic rings. The molecule has 1 aromatic rings. The van der Waals surface area contributed by atoms with Crippen LogP contribution in [0.1, 0.15) is 24.8 Å². The van der Waals surface area contributed by atoms with Gasteiger partial charge in [0.05, 0.1) is 6.61 Å². The molecule has 1 heterocycles. The van der Waals surface area contributed by atoms with Gasteiger partial charge in [-0.2, -0.15) is 0 Å². The van der Waals surface area contributed by atoms with Crippen molar-refractivity contribution >= 4 is 0 Å². The quantitative estimate of drug-likeness (QED) is 0.794. The highest BCUT2D eigenvalue weighted by Crippen LogP contribution is 2.20. The first-order valence-corrected chi connectivity index (χ1v) is 8.04. The van der Waals surface area contributed by atoms with E-state index in [0.29, 0.717) is 6.04 Å². The fourth-order valence-corrected chi connectivity index (χ4v) is 2.61. The monoisotopic (exact) mass is 290 g/mol. The van der Waals surface area contributed by atoms with Gasteiger partial charge in [-0.15, -0.1) is 0 Å². The Labute approximate surface area is 127 Å². The van der Waals surface area contributed by atoms with Crippen molar-refractivity contribution in [1.29, 1.82) is 0 Å². The molecular weight excluding hydrogens is 264 g/mol. The molecule has 4 heteroatoms. The average Bonchev–Trinajstić information content (AvgIpc) is 3.17. The molecule has 1 saturated heterocycles. The van der Waals surface area contributed by atoms with Gasteiger partial charge in [0.1, 0.15) is 12.4 Å². The van der Waals surface area contributed by atoms with Gasteiger partial charge in [-0.25, -0.2) is 0 Å². The van der Waals surface area contributed by atoms with E-state index in [1.165, 1.54) is 18.4 Å². The van der Waals surface area contributed by atoms with E-state index < -0.39 is 0 Å². The summed E-state index contributed by atoms with van der Waals surface area (Å²) >= 11 is 0. The molecule has 0 radical (unpaired) electrons. The number of hydrogen-bond donors (Lipinski definition) is 1. The van der Waals surface area contributed by atoms with Crippen molar-refractivity contribution < 1.29 is 9.47 Å². The highest BCUT2D eigenvalue weighted by atomic mass is 16.5. The van der Waals surface area contributed by atoms with Crippen LogP contribution in [-0.2, 0) is 11.3 Å². The van der Waals surface area contributed by atoms with E-state index in [4.69, 9.17) is 9.47 Å². The molecular formula is C17H26N2O2. The Hall–Kier alpha value is -1.10. The number of likely N-dealkylation sites (N-methyl/N-ethyl adjacent to an activating group) is 1. The van der Waals surface area contributed by atoms with Gasteiger partial charge in [0, 0.05) is 31.8 Å². The van der Waals surface area contributed by atoms with Crippen LogP contribution >= 0.6 is 0 Å². The zero-order chi connectivity index (χ0) is 14.5. The summed E-state index contributed by atoms with van der Waals surface area (Å²) in [5.41, 5.74) is 1.33. The lowest BCUT2D eigenvalue weighted by Crippen LogP contribution is -2.35. The molecule has 1 aliphatic carbocycles. The number of hydrogen-bond acceptors (Lipinski definition) is 4. The van der Waals surface area contributed by atoms with Gasteiger partial charge in [-0.05, 0) is 44.0 Å². The fraction of sp³-hybridized carbons (Fsp3) is 0.647. The smallest absolute Gasteiger partial charge is 0.119 e. The molecule has 1 N–H and O–H groups in total. The maximum Gasteiger partial charge on any atom is 0.119 e. The van der Waals surface area contributed by atoms with Crippen LogP contribution in [0.25, 0.3) is 0 Å². The molecule has 0 aromatic heterocycles. The Bertz CT molecular complexity index is 425. The third kappa shape index (κ3) is 4.70. The fourth-order valence-electron chi connectivity index (χ4n) is 2.61. The van der Waals surface area contributed by atoms with E-state index in [-0.39, 0.29) is 0 Å². The van der Waals surface area contributed by atoms with Gasteiger partial charge in [-0.3, -0.25) is 4.90 Å². The average molecular weight is 290 g/mol. The second kappa shape index (κ2) is 7.25. The summed E-state index contributed by atoms with van der Waals surface area (Å²) in [5, 5.41) is 3.52. The van der Waals surface area contributed by atoms with E-state index in [2.05, 4.69) is 41.5 Å². The minimum absolute atomic E-state index is 0.560. The Balaban J connectivity index is 1.36. The largest absolute Gasteiger partial charge is 0.492 e. The number of nitrogens with zero attached hydrogens (tertiary/aromatic N) is 1. The molecule has 3 rings (SSSR count). The molecule has 0 amide bonds. The number of benzene rings is 1. The van der Waals surface area contributed by atoms with Gasteiger partial charge in [0.15, 0.2) is 0 Å². The first-order valence-electron chi connectivity index (χ1n) is 8.04. The molecule has 1 saturated carbocycles. The van der Waals surface area contributed by atoms with Gasteiger partial charge < -0.3 is 14.8 Å². The highest BCUT2D eigenvalue weighted by molar-refractivity contribution is 5.27. The summed E-state index contributed by atoms with van der Waals surface area (Å²) in [6.07, 6.45) is 3.81. The summed E-state index contributed by atoms with van der Waals surface area (Å²) in [6, 6.07) is 9.77. The number of ether oxygens (including phenoxy) is 2. The van der Waals surface area contributed by atoms with Crippen molar-refractivity contribution in [3.8, 4) is 5.75 Å². The topological polar surface area (TPSA) is 33.7 Å². The zero-order valence-electron chi connectivity index (χ0n) is 12.9. The Kier molecular flexibility index (Phi) is 5.12. The van der Waals surface area contributed by atoms with E-state index >= 15 is 0 Å². The first-order chi connectivity index (χ1) is 10.3. The second-order valence-electron chi connectivity index (χ2n) is 6.15. The number of rotatable bonds is 8. The van der Waals surface area contributed by atoms with E-state index in [0.717, 1.165) is 51.1 Å². The maximum atomic E-state index is 5.83. The van der Waals surface area contributed by atoms with Gasteiger partial charge in [-0.1, -0.05) is 12.1 Å². The molecule has 116 valence electrons. The van der Waals surface area contributed by atoms with Crippen molar-refractivity contribution in [1.82, 2.24) is 10.2 Å². The molecule has 1 aliphatic heterocycles. The summed E-state index contributed by atoms with van der Waals surface area (Å²) in [5.74, 6) is 0.959. The van der Waals surface area contributed by atoms with Crippen molar-refractivity contribution in [2.75, 3.05) is 33.4 Å². The molecule has 21 heavy (non-hydrogen) atoms. The van der Waals surface area contributed by atoms with Crippen LogP contribution in [0.15, 0.2) is 24.3 Å². The lowest BCUT2D eigenvalue weighted by atomic mass is 10.2. The summed E-state index contributed by atoms with van der Waals surface area (Å²) < 4.78 is 11.2. The third-order valence-corrected chi connectivity index (χ3v) is 4.34. The minimum Gasteiger partial charge on any atom is -0.492 e. The van der Waals surface area contributed by atoms with Gasteiger partial charge in [0.25, 0.3) is 0 Å². The van der Waals surface area contributed by atoms with Crippen molar-refractivity contribution in [3.63, 3.8) is 0 Å². The summed E-state index contributed by atoms with van der Waals surface area (Å²) in [4.78, 5) is 2.33. The molecule has 2 fully saturated rings. The van der Waals surface area contributed by atoms with Crippen LogP contribution in [0.4, 0.5) is 0 Å². The van der Waals surface area contributed by atoms with Crippen LogP contribution in [0.3, 0.4) is 0 Å². The molecule has 0 spiro atoms. The molecule has 0 bridgehead atoms. The maximum absolute atomic E-state index is 5.83. The van der Waals surface area contributed by atoms with E-state index in [9.17, 15) is 0 Å². The van der Waals surface area contributed by atoms with Gasteiger partial charge in [0.2, 0.25) is 0 Å². The zero-order valence-corrected chi connectivity index (χ0v) is 12.9. The van der Waals surface area contributed by atoms with Crippen LogP contribution in [0.5, 0.6) is 5.75 Å². The normalized spacial score (nSPS) is 21.9. The third-order valence-electron chi connectivity index (χ3n) is 4.34. The standard InChI is InChI=1S/C17H26N2O2/c1-19(16-8-10-20-13-16)9-11-21-17-6-2-14(3-7-17)12-18-15-4-5-15/h2-3,6-7,15-16,18H,4-5,8-13H2,1H3. The van der Waals surface area contributed by atoms with Crippen molar-refractivity contribution in [2.45, 2.75) is 37.9 Å². The Morgan fingerprint density at radius 2 is 2.05 bits per heavy atom. The van der Waals surface area contributed by atoms with Crippen LogP contribution in [0, 0.1) is 0 Å². The summed E-state index contributed by atoms with van der Waals surface area (Å²) in [7, 11) is 2.15. The van der Waals surface area contributed by atoms with Crippen molar-refractivity contribution in [3.05, 3.63) is 29.8 Å². The molecule has 1 aromatic carbocycles. The predicted octanol–water partition coefficient (Wildman–Crippen LogP) is 2.04.